The van der Waals surface area contributed by atoms with E-state index in [0.717, 1.165) is 15.9 Å². The summed E-state index contributed by atoms with van der Waals surface area (Å²) < 4.78 is 29.4. The van der Waals surface area contributed by atoms with Gasteiger partial charge in [0.1, 0.15) is 16.8 Å². The Morgan fingerprint density at radius 1 is 1.03 bits per heavy atom. The van der Waals surface area contributed by atoms with Crippen LogP contribution in [0.4, 0.5) is 0 Å². The van der Waals surface area contributed by atoms with E-state index >= 15 is 0 Å². The summed E-state index contributed by atoms with van der Waals surface area (Å²) in [7, 11) is -0.633. The van der Waals surface area contributed by atoms with Crippen LogP contribution in [0, 0.1) is 11.3 Å². The Bertz CT molecular complexity index is 1710. The molecular weight excluding hydrogens is 490 g/mol. The SMILES string of the molecule is CN(C)S(=O)(=O)c1cccc(-c2nn(-c3ccccc3)cc2/C=C(/C#N)c2nc3ccccc3s2)c1. The molecule has 0 saturated carbocycles. The number of para-hydroxylation sites is 2. The van der Waals surface area contributed by atoms with Gasteiger partial charge in [0.15, 0.2) is 0 Å². The van der Waals surface area contributed by atoms with Crippen molar-refractivity contribution in [2.24, 2.45) is 0 Å². The van der Waals surface area contributed by atoms with Crippen LogP contribution in [0.2, 0.25) is 0 Å². The molecule has 0 N–H and O–H groups in total. The van der Waals surface area contributed by atoms with Crippen LogP contribution in [0.25, 0.3) is 38.8 Å². The number of benzene rings is 3. The van der Waals surface area contributed by atoms with Gasteiger partial charge < -0.3 is 0 Å². The summed E-state index contributed by atoms with van der Waals surface area (Å²) in [5.41, 5.74) is 3.94. The fraction of sp³-hybridized carbons (Fsp3) is 0.0741. The van der Waals surface area contributed by atoms with Gasteiger partial charge in [-0.15, -0.1) is 11.3 Å². The molecule has 0 saturated heterocycles. The number of fused-ring (bicyclic) bond motifs is 1. The van der Waals surface area contributed by atoms with E-state index in [-0.39, 0.29) is 4.90 Å². The lowest BCUT2D eigenvalue weighted by molar-refractivity contribution is 0.521. The van der Waals surface area contributed by atoms with Crippen LogP contribution < -0.4 is 0 Å². The standard InChI is InChI=1S/C27H21N5O2S2/c1-31(2)36(33,34)23-12-8-9-19(16-23)26-21(18-32(30-26)22-10-4-3-5-11-22)15-20(17-28)27-29-24-13-6-7-14-25(24)35-27/h3-16,18H,1-2H3/b20-15-. The second kappa shape index (κ2) is 9.51. The number of hydrogen-bond donors (Lipinski definition) is 0. The van der Waals surface area contributed by atoms with E-state index in [1.807, 2.05) is 66.9 Å². The largest absolute Gasteiger partial charge is 0.242 e. The van der Waals surface area contributed by atoms with Gasteiger partial charge in [-0.05, 0) is 42.5 Å². The van der Waals surface area contributed by atoms with Gasteiger partial charge in [-0.3, -0.25) is 0 Å². The summed E-state index contributed by atoms with van der Waals surface area (Å²) in [5, 5.41) is 15.4. The smallest absolute Gasteiger partial charge is 0.240 e. The zero-order valence-corrected chi connectivity index (χ0v) is 21.2. The molecule has 0 aliphatic rings. The van der Waals surface area contributed by atoms with Crippen LogP contribution in [0.1, 0.15) is 10.6 Å². The Kier molecular flexibility index (Phi) is 6.24. The van der Waals surface area contributed by atoms with Gasteiger partial charge in [0.2, 0.25) is 10.0 Å². The Morgan fingerprint density at radius 2 is 1.78 bits per heavy atom. The van der Waals surface area contributed by atoms with E-state index in [4.69, 9.17) is 5.10 Å². The van der Waals surface area contributed by atoms with E-state index in [1.54, 1.807) is 29.0 Å². The molecule has 0 atom stereocenters. The Hall–Kier alpha value is -4.10. The molecule has 178 valence electrons. The number of aromatic nitrogens is 3. The highest BCUT2D eigenvalue weighted by Crippen LogP contribution is 2.32. The summed E-state index contributed by atoms with van der Waals surface area (Å²) in [4.78, 5) is 4.80. The highest BCUT2D eigenvalue weighted by molar-refractivity contribution is 7.89. The molecule has 0 spiro atoms. The minimum absolute atomic E-state index is 0.167. The number of sulfonamides is 1. The third kappa shape index (κ3) is 4.45. The Labute approximate surface area is 213 Å². The first-order chi connectivity index (χ1) is 17.4. The van der Waals surface area contributed by atoms with Crippen LogP contribution in [-0.4, -0.2) is 41.6 Å². The first kappa shape index (κ1) is 23.6. The molecule has 0 unspecified atom stereocenters. The van der Waals surface area contributed by atoms with Crippen molar-refractivity contribution in [3.05, 3.63) is 95.6 Å². The van der Waals surface area contributed by atoms with Crippen LogP contribution in [0.3, 0.4) is 0 Å². The third-order valence-electron chi connectivity index (χ3n) is 5.59. The number of nitriles is 1. The quantitative estimate of drug-likeness (QED) is 0.282. The molecule has 0 aliphatic carbocycles. The van der Waals surface area contributed by atoms with Gasteiger partial charge in [0, 0.05) is 31.4 Å². The molecule has 5 rings (SSSR count). The summed E-state index contributed by atoms with van der Waals surface area (Å²) in [6.45, 7) is 0. The summed E-state index contributed by atoms with van der Waals surface area (Å²) in [6.07, 6.45) is 3.59. The molecule has 0 aliphatic heterocycles. The monoisotopic (exact) mass is 511 g/mol. The minimum Gasteiger partial charge on any atom is -0.240 e. The minimum atomic E-state index is -3.63. The number of hydrogen-bond acceptors (Lipinski definition) is 6. The van der Waals surface area contributed by atoms with Crippen LogP contribution in [-0.2, 0) is 10.0 Å². The average Bonchev–Trinajstić information content (AvgIpc) is 3.52. The van der Waals surface area contributed by atoms with Crippen molar-refractivity contribution < 1.29 is 8.42 Å². The maximum absolute atomic E-state index is 12.8. The number of thiazole rings is 1. The number of rotatable bonds is 6. The average molecular weight is 512 g/mol. The zero-order valence-electron chi connectivity index (χ0n) is 19.5. The maximum Gasteiger partial charge on any atom is 0.242 e. The normalized spacial score (nSPS) is 12.2. The first-order valence-electron chi connectivity index (χ1n) is 11.0. The van der Waals surface area contributed by atoms with E-state index in [2.05, 4.69) is 11.1 Å². The first-order valence-corrected chi connectivity index (χ1v) is 13.3. The Morgan fingerprint density at radius 3 is 2.50 bits per heavy atom. The molecule has 0 fully saturated rings. The molecule has 0 bridgehead atoms. The highest BCUT2D eigenvalue weighted by atomic mass is 32.2. The molecule has 0 amide bonds. The van der Waals surface area contributed by atoms with E-state index in [1.165, 1.54) is 29.7 Å². The summed E-state index contributed by atoms with van der Waals surface area (Å²) >= 11 is 1.45. The van der Waals surface area contributed by atoms with E-state index < -0.39 is 10.0 Å². The third-order valence-corrected chi connectivity index (χ3v) is 8.47. The topological polar surface area (TPSA) is 91.9 Å². The van der Waals surface area contributed by atoms with Crippen molar-refractivity contribution in [2.75, 3.05) is 14.1 Å². The molecule has 2 aromatic heterocycles. The fourth-order valence-electron chi connectivity index (χ4n) is 3.73. The summed E-state index contributed by atoms with van der Waals surface area (Å²) in [6, 6.07) is 26.3. The molecule has 0 radical (unpaired) electrons. The highest BCUT2D eigenvalue weighted by Gasteiger charge is 2.20. The van der Waals surface area contributed by atoms with Crippen molar-refractivity contribution in [3.8, 4) is 23.0 Å². The molecule has 36 heavy (non-hydrogen) atoms. The van der Waals surface area contributed by atoms with Gasteiger partial charge >= 0.3 is 0 Å². The van der Waals surface area contributed by atoms with Crippen molar-refractivity contribution in [1.29, 1.82) is 5.26 Å². The molecule has 2 heterocycles. The van der Waals surface area contributed by atoms with Gasteiger partial charge in [-0.2, -0.15) is 10.4 Å². The predicted octanol–water partition coefficient (Wildman–Crippen LogP) is 5.46. The van der Waals surface area contributed by atoms with Gasteiger partial charge in [0.05, 0.1) is 26.4 Å². The lowest BCUT2D eigenvalue weighted by Crippen LogP contribution is -2.22. The fourth-order valence-corrected chi connectivity index (χ4v) is 5.61. The molecule has 5 aromatic rings. The second-order valence-electron chi connectivity index (χ2n) is 8.18. The van der Waals surface area contributed by atoms with E-state index in [9.17, 15) is 13.7 Å². The van der Waals surface area contributed by atoms with Crippen molar-refractivity contribution >= 4 is 43.2 Å². The van der Waals surface area contributed by atoms with Gasteiger partial charge in [-0.25, -0.2) is 22.4 Å². The predicted molar refractivity (Wildman–Crippen MR) is 143 cm³/mol. The van der Waals surface area contributed by atoms with E-state index in [0.29, 0.717) is 27.4 Å². The van der Waals surface area contributed by atoms with Gasteiger partial charge in [-0.1, -0.05) is 42.5 Å². The molecule has 3 aromatic carbocycles. The summed E-state index contributed by atoms with van der Waals surface area (Å²) in [5.74, 6) is 0. The Balaban J connectivity index is 1.68. The zero-order chi connectivity index (χ0) is 25.3. The van der Waals surface area contributed by atoms with Crippen molar-refractivity contribution in [2.45, 2.75) is 4.90 Å². The van der Waals surface area contributed by atoms with Crippen molar-refractivity contribution in [1.82, 2.24) is 19.1 Å². The lowest BCUT2D eigenvalue weighted by Gasteiger charge is -2.12. The second-order valence-corrected chi connectivity index (χ2v) is 11.4. The van der Waals surface area contributed by atoms with Crippen molar-refractivity contribution in [3.63, 3.8) is 0 Å². The van der Waals surface area contributed by atoms with Crippen LogP contribution in [0.5, 0.6) is 0 Å². The maximum atomic E-state index is 12.8. The van der Waals surface area contributed by atoms with Crippen LogP contribution >= 0.6 is 11.3 Å². The van der Waals surface area contributed by atoms with Gasteiger partial charge in [0.25, 0.3) is 0 Å². The molecule has 7 nitrogen and oxygen atoms in total. The number of allylic oxidation sites excluding steroid dienone is 1. The number of nitrogens with zero attached hydrogens (tertiary/aromatic N) is 5. The molecular formula is C27H21N5O2S2. The molecule has 9 heteroatoms. The van der Waals surface area contributed by atoms with Crippen LogP contribution in [0.15, 0.2) is 90.0 Å². The lowest BCUT2D eigenvalue weighted by atomic mass is 10.1.